The summed E-state index contributed by atoms with van der Waals surface area (Å²) in [5, 5.41) is 5.93. The number of hydrogen-bond donors (Lipinski definition) is 2. The standard InChI is InChI=1S/C21H20N2O2/c24-20(22-16-7-3-1-4-8-16)18-14-11-12-15(13-14)19(18)21(25)23-17-9-5-2-6-10-17/h1-12,14-15,18-19H,13H2,(H,22,24)(H,23,25)/t14-,15+,18-,19-/m1/s1. The minimum Gasteiger partial charge on any atom is -0.326 e. The predicted octanol–water partition coefficient (Wildman–Crippen LogP) is 3.70. The van der Waals surface area contributed by atoms with E-state index in [1.807, 2.05) is 60.7 Å². The van der Waals surface area contributed by atoms with E-state index in [-0.39, 0.29) is 35.5 Å². The van der Waals surface area contributed by atoms with Gasteiger partial charge in [0.2, 0.25) is 11.8 Å². The van der Waals surface area contributed by atoms with E-state index in [1.54, 1.807) is 0 Å². The number of para-hydroxylation sites is 2. The molecule has 1 fully saturated rings. The summed E-state index contributed by atoms with van der Waals surface area (Å²) in [5.74, 6) is -0.508. The van der Waals surface area contributed by atoms with Gasteiger partial charge in [0.15, 0.2) is 0 Å². The summed E-state index contributed by atoms with van der Waals surface area (Å²) in [6.07, 6.45) is 5.05. The molecule has 25 heavy (non-hydrogen) atoms. The maximum absolute atomic E-state index is 12.8. The van der Waals surface area contributed by atoms with Gasteiger partial charge >= 0.3 is 0 Å². The maximum atomic E-state index is 12.8. The predicted molar refractivity (Wildman–Crippen MR) is 97.9 cm³/mol. The molecule has 0 radical (unpaired) electrons. The summed E-state index contributed by atoms with van der Waals surface area (Å²) in [6, 6.07) is 18.8. The van der Waals surface area contributed by atoms with Crippen LogP contribution in [-0.2, 0) is 9.59 Å². The van der Waals surface area contributed by atoms with Gasteiger partial charge < -0.3 is 10.6 Å². The Morgan fingerprint density at radius 2 is 1.08 bits per heavy atom. The molecule has 4 rings (SSSR count). The molecule has 4 nitrogen and oxygen atoms in total. The second-order valence-corrected chi connectivity index (χ2v) is 6.71. The van der Waals surface area contributed by atoms with Crippen molar-refractivity contribution in [1.29, 1.82) is 0 Å². The fraction of sp³-hybridized carbons (Fsp3) is 0.238. The Balaban J connectivity index is 1.52. The Labute approximate surface area is 146 Å². The monoisotopic (exact) mass is 332 g/mol. The molecule has 2 aromatic carbocycles. The average Bonchev–Trinajstić information content (AvgIpc) is 3.24. The molecule has 0 unspecified atom stereocenters. The third kappa shape index (κ3) is 3.07. The van der Waals surface area contributed by atoms with E-state index in [9.17, 15) is 9.59 Å². The number of rotatable bonds is 4. The van der Waals surface area contributed by atoms with Crippen LogP contribution in [0.1, 0.15) is 6.42 Å². The van der Waals surface area contributed by atoms with Crippen molar-refractivity contribution in [3.05, 3.63) is 72.8 Å². The van der Waals surface area contributed by atoms with Gasteiger partial charge in [0.05, 0.1) is 11.8 Å². The van der Waals surface area contributed by atoms with Crippen LogP contribution in [0.15, 0.2) is 72.8 Å². The van der Waals surface area contributed by atoms with Crippen LogP contribution in [-0.4, -0.2) is 11.8 Å². The molecule has 0 spiro atoms. The lowest BCUT2D eigenvalue weighted by Gasteiger charge is -2.26. The molecule has 4 heteroatoms. The van der Waals surface area contributed by atoms with Crippen LogP contribution in [0.3, 0.4) is 0 Å². The minimum atomic E-state index is -0.320. The van der Waals surface area contributed by atoms with Gasteiger partial charge in [-0.2, -0.15) is 0 Å². The molecule has 4 atom stereocenters. The van der Waals surface area contributed by atoms with E-state index in [0.717, 1.165) is 17.8 Å². The summed E-state index contributed by atoms with van der Waals surface area (Å²) in [5.41, 5.74) is 1.53. The van der Waals surface area contributed by atoms with Gasteiger partial charge in [-0.05, 0) is 42.5 Å². The highest BCUT2D eigenvalue weighted by Gasteiger charge is 2.51. The first-order chi connectivity index (χ1) is 12.2. The number of carbonyl (C=O) groups excluding carboxylic acids is 2. The fourth-order valence-corrected chi connectivity index (χ4v) is 4.03. The Hall–Kier alpha value is -2.88. The quantitative estimate of drug-likeness (QED) is 0.839. The molecule has 0 heterocycles. The van der Waals surface area contributed by atoms with Crippen LogP contribution in [0.4, 0.5) is 11.4 Å². The number of fused-ring (bicyclic) bond motifs is 2. The number of nitrogens with one attached hydrogen (secondary N) is 2. The van der Waals surface area contributed by atoms with Crippen LogP contribution in [0.5, 0.6) is 0 Å². The van der Waals surface area contributed by atoms with Crippen molar-refractivity contribution in [2.45, 2.75) is 6.42 Å². The molecule has 2 bridgehead atoms. The topological polar surface area (TPSA) is 58.2 Å². The molecular weight excluding hydrogens is 312 g/mol. The van der Waals surface area contributed by atoms with Gasteiger partial charge in [-0.3, -0.25) is 9.59 Å². The molecule has 2 aliphatic rings. The molecule has 0 saturated heterocycles. The third-order valence-corrected chi connectivity index (χ3v) is 5.15. The zero-order chi connectivity index (χ0) is 17.2. The number of carbonyl (C=O) groups is 2. The molecule has 2 N–H and O–H groups in total. The van der Waals surface area contributed by atoms with E-state index < -0.39 is 0 Å². The smallest absolute Gasteiger partial charge is 0.228 e. The first-order valence-corrected chi connectivity index (χ1v) is 8.62. The zero-order valence-electron chi connectivity index (χ0n) is 13.8. The lowest BCUT2D eigenvalue weighted by molar-refractivity contribution is -0.129. The van der Waals surface area contributed by atoms with E-state index in [2.05, 4.69) is 22.8 Å². The molecule has 0 aliphatic heterocycles. The van der Waals surface area contributed by atoms with Crippen LogP contribution < -0.4 is 10.6 Å². The average molecular weight is 332 g/mol. The van der Waals surface area contributed by atoms with Gasteiger partial charge in [-0.1, -0.05) is 48.6 Å². The Bertz CT molecular complexity index is 734. The van der Waals surface area contributed by atoms with Crippen LogP contribution in [0.2, 0.25) is 0 Å². The van der Waals surface area contributed by atoms with E-state index in [0.29, 0.717) is 0 Å². The Kier molecular flexibility index (Phi) is 4.10. The van der Waals surface area contributed by atoms with Crippen LogP contribution in [0.25, 0.3) is 0 Å². The highest BCUT2D eigenvalue weighted by Crippen LogP contribution is 2.48. The normalized spacial score (nSPS) is 26.4. The summed E-state index contributed by atoms with van der Waals surface area (Å²) >= 11 is 0. The van der Waals surface area contributed by atoms with E-state index >= 15 is 0 Å². The first-order valence-electron chi connectivity index (χ1n) is 8.62. The zero-order valence-corrected chi connectivity index (χ0v) is 13.8. The summed E-state index contributed by atoms with van der Waals surface area (Å²) in [6.45, 7) is 0. The van der Waals surface area contributed by atoms with Gasteiger partial charge in [-0.25, -0.2) is 0 Å². The highest BCUT2D eigenvalue weighted by atomic mass is 16.2. The first kappa shape index (κ1) is 15.6. The summed E-state index contributed by atoms with van der Waals surface area (Å²) in [4.78, 5) is 25.7. The van der Waals surface area contributed by atoms with Crippen molar-refractivity contribution in [3.63, 3.8) is 0 Å². The maximum Gasteiger partial charge on any atom is 0.228 e. The van der Waals surface area contributed by atoms with Crippen LogP contribution >= 0.6 is 0 Å². The Morgan fingerprint density at radius 1 is 0.680 bits per heavy atom. The molecule has 1 saturated carbocycles. The van der Waals surface area contributed by atoms with Gasteiger partial charge in [-0.15, -0.1) is 0 Å². The minimum absolute atomic E-state index is 0.0729. The molecule has 2 aromatic rings. The molecular formula is C21H20N2O2. The lowest BCUT2D eigenvalue weighted by atomic mass is 9.81. The van der Waals surface area contributed by atoms with Crippen molar-refractivity contribution in [3.8, 4) is 0 Å². The second-order valence-electron chi connectivity index (χ2n) is 6.71. The number of hydrogen-bond acceptors (Lipinski definition) is 2. The second kappa shape index (κ2) is 6.55. The summed E-state index contributed by atoms with van der Waals surface area (Å²) < 4.78 is 0. The van der Waals surface area contributed by atoms with Crippen molar-refractivity contribution in [2.75, 3.05) is 10.6 Å². The molecule has 0 aromatic heterocycles. The van der Waals surface area contributed by atoms with Crippen molar-refractivity contribution in [2.24, 2.45) is 23.7 Å². The van der Waals surface area contributed by atoms with Crippen molar-refractivity contribution >= 4 is 23.2 Å². The third-order valence-electron chi connectivity index (χ3n) is 5.15. The largest absolute Gasteiger partial charge is 0.326 e. The number of amides is 2. The van der Waals surface area contributed by atoms with E-state index in [1.165, 1.54) is 0 Å². The van der Waals surface area contributed by atoms with Gasteiger partial charge in [0.1, 0.15) is 0 Å². The SMILES string of the molecule is O=C(Nc1ccccc1)[C@H]1[C@H](C(=O)Nc2ccccc2)[C@H]2C=C[C@@H]1C2. The van der Waals surface area contributed by atoms with Crippen molar-refractivity contribution < 1.29 is 9.59 Å². The number of allylic oxidation sites excluding steroid dienone is 2. The van der Waals surface area contributed by atoms with Gasteiger partial charge in [0.25, 0.3) is 0 Å². The fourth-order valence-electron chi connectivity index (χ4n) is 4.03. The lowest BCUT2D eigenvalue weighted by Crippen LogP contribution is -2.39. The van der Waals surface area contributed by atoms with Crippen molar-refractivity contribution in [1.82, 2.24) is 0 Å². The van der Waals surface area contributed by atoms with Gasteiger partial charge in [0, 0.05) is 11.4 Å². The van der Waals surface area contributed by atoms with E-state index in [4.69, 9.17) is 0 Å². The molecule has 2 aliphatic carbocycles. The number of anilines is 2. The van der Waals surface area contributed by atoms with Crippen LogP contribution in [0, 0.1) is 23.7 Å². The summed E-state index contributed by atoms with van der Waals surface area (Å²) in [7, 11) is 0. The molecule has 2 amide bonds. The Morgan fingerprint density at radius 3 is 1.48 bits per heavy atom. The highest BCUT2D eigenvalue weighted by molar-refractivity contribution is 6.01. The molecule has 126 valence electrons. The number of benzene rings is 2.